The summed E-state index contributed by atoms with van der Waals surface area (Å²) in [4.78, 5) is 25.2. The van der Waals surface area contributed by atoms with Gasteiger partial charge < -0.3 is 15.5 Å². The van der Waals surface area contributed by atoms with E-state index in [1.54, 1.807) is 19.0 Å². The minimum Gasteiger partial charge on any atom is -0.375 e. The number of carbonyl (C=O) groups excluding carboxylic acids is 2. The van der Waals surface area contributed by atoms with Crippen LogP contribution in [0.2, 0.25) is 0 Å². The van der Waals surface area contributed by atoms with Crippen LogP contribution < -0.4 is 15.5 Å². The summed E-state index contributed by atoms with van der Waals surface area (Å²) >= 11 is 0. The molecule has 0 radical (unpaired) electrons. The molecular weight excluding hydrogens is 335 g/mol. The van der Waals surface area contributed by atoms with E-state index in [2.05, 4.69) is 10.6 Å². The highest BCUT2D eigenvalue weighted by Crippen LogP contribution is 2.18. The third kappa shape index (κ3) is 4.72. The van der Waals surface area contributed by atoms with E-state index in [1.165, 1.54) is 18.2 Å². The van der Waals surface area contributed by atoms with Crippen molar-refractivity contribution >= 4 is 23.2 Å². The van der Waals surface area contributed by atoms with Gasteiger partial charge in [0.05, 0.1) is 12.2 Å². The highest BCUT2D eigenvalue weighted by molar-refractivity contribution is 5.99. The summed E-state index contributed by atoms with van der Waals surface area (Å²) in [6.45, 7) is -0.408. The lowest BCUT2D eigenvalue weighted by molar-refractivity contribution is -0.115. The molecule has 0 spiro atoms. The van der Waals surface area contributed by atoms with Crippen LogP contribution in [0.25, 0.3) is 0 Å². The van der Waals surface area contributed by atoms with Crippen LogP contribution in [-0.2, 0) is 4.79 Å². The average Bonchev–Trinajstić information content (AvgIpc) is 2.55. The summed E-state index contributed by atoms with van der Waals surface area (Å²) in [7, 11) is 3.33. The molecule has 8 heteroatoms. The van der Waals surface area contributed by atoms with Gasteiger partial charge in [-0.05, 0) is 30.3 Å². The molecule has 2 aromatic rings. The van der Waals surface area contributed by atoms with E-state index < -0.39 is 35.8 Å². The Balaban J connectivity index is 1.94. The smallest absolute Gasteiger partial charge is 0.251 e. The predicted octanol–water partition coefficient (Wildman–Crippen LogP) is 2.54. The van der Waals surface area contributed by atoms with Crippen LogP contribution >= 0.6 is 0 Å². The van der Waals surface area contributed by atoms with Crippen LogP contribution in [-0.4, -0.2) is 32.5 Å². The monoisotopic (exact) mass is 351 g/mol. The zero-order chi connectivity index (χ0) is 18.6. The average molecular weight is 351 g/mol. The van der Waals surface area contributed by atoms with Crippen molar-refractivity contribution in [2.75, 3.05) is 30.9 Å². The third-order valence-electron chi connectivity index (χ3n) is 3.30. The van der Waals surface area contributed by atoms with E-state index in [-0.39, 0.29) is 11.3 Å². The first-order valence-electron chi connectivity index (χ1n) is 7.28. The molecule has 0 bridgehead atoms. The fraction of sp³-hybridized carbons (Fsp3) is 0.176. The van der Waals surface area contributed by atoms with Crippen LogP contribution in [0, 0.1) is 17.5 Å². The molecule has 0 saturated carbocycles. The van der Waals surface area contributed by atoms with Crippen LogP contribution in [0.4, 0.5) is 24.5 Å². The van der Waals surface area contributed by atoms with Crippen molar-refractivity contribution in [1.82, 2.24) is 5.32 Å². The Bertz CT molecular complexity index is 810. The quantitative estimate of drug-likeness (QED) is 0.870. The molecule has 0 unspecified atom stereocenters. The fourth-order valence-corrected chi connectivity index (χ4v) is 2.05. The standard InChI is InChI=1S/C17H16F3N3O2/c1-23(2)15-6-3-10(7-14(15)20)17(25)21-9-16(24)22-11-4-5-12(18)13(19)8-11/h3-8H,9H2,1-2H3,(H,21,25)(H,22,24). The van der Waals surface area contributed by atoms with E-state index in [4.69, 9.17) is 0 Å². The number of carbonyl (C=O) groups is 2. The number of nitrogens with zero attached hydrogens (tertiary/aromatic N) is 1. The molecule has 0 aliphatic carbocycles. The Hall–Kier alpha value is -3.03. The lowest BCUT2D eigenvalue weighted by atomic mass is 10.1. The highest BCUT2D eigenvalue weighted by atomic mass is 19.2. The fourth-order valence-electron chi connectivity index (χ4n) is 2.05. The Kier molecular flexibility index (Phi) is 5.63. The second-order valence-corrected chi connectivity index (χ2v) is 5.42. The second kappa shape index (κ2) is 7.69. The second-order valence-electron chi connectivity index (χ2n) is 5.42. The van der Waals surface area contributed by atoms with E-state index in [9.17, 15) is 22.8 Å². The number of hydrogen-bond acceptors (Lipinski definition) is 3. The minimum absolute atomic E-state index is 0.0551. The highest BCUT2D eigenvalue weighted by Gasteiger charge is 2.12. The number of nitrogens with one attached hydrogen (secondary N) is 2. The molecule has 2 rings (SSSR count). The molecule has 0 fully saturated rings. The molecule has 5 nitrogen and oxygen atoms in total. The van der Waals surface area contributed by atoms with Gasteiger partial charge >= 0.3 is 0 Å². The molecule has 0 atom stereocenters. The summed E-state index contributed by atoms with van der Waals surface area (Å²) in [5.74, 6) is -3.97. The summed E-state index contributed by atoms with van der Waals surface area (Å²) in [6, 6.07) is 6.83. The minimum atomic E-state index is -1.10. The van der Waals surface area contributed by atoms with E-state index >= 15 is 0 Å². The van der Waals surface area contributed by atoms with Gasteiger partial charge in [0.2, 0.25) is 5.91 Å². The van der Waals surface area contributed by atoms with Crippen molar-refractivity contribution in [3.8, 4) is 0 Å². The van der Waals surface area contributed by atoms with Crippen LogP contribution in [0.3, 0.4) is 0 Å². The lowest BCUT2D eigenvalue weighted by Crippen LogP contribution is -2.33. The number of hydrogen-bond donors (Lipinski definition) is 2. The maximum atomic E-state index is 13.9. The topological polar surface area (TPSA) is 61.4 Å². The van der Waals surface area contributed by atoms with Crippen LogP contribution in [0.5, 0.6) is 0 Å². The van der Waals surface area contributed by atoms with Crippen molar-refractivity contribution in [3.63, 3.8) is 0 Å². The number of halogens is 3. The van der Waals surface area contributed by atoms with E-state index in [0.29, 0.717) is 5.69 Å². The molecule has 132 valence electrons. The maximum Gasteiger partial charge on any atom is 0.251 e. The van der Waals surface area contributed by atoms with Gasteiger partial charge in [0.15, 0.2) is 11.6 Å². The molecule has 0 aliphatic rings. The Morgan fingerprint density at radius 2 is 1.68 bits per heavy atom. The van der Waals surface area contributed by atoms with Crippen LogP contribution in [0.15, 0.2) is 36.4 Å². The molecule has 25 heavy (non-hydrogen) atoms. The van der Waals surface area contributed by atoms with Crippen molar-refractivity contribution in [1.29, 1.82) is 0 Å². The first-order chi connectivity index (χ1) is 11.8. The van der Waals surface area contributed by atoms with Gasteiger partial charge in [0.1, 0.15) is 5.82 Å². The first kappa shape index (κ1) is 18.3. The number of rotatable bonds is 5. The van der Waals surface area contributed by atoms with Gasteiger partial charge in [0.25, 0.3) is 5.91 Å². The molecule has 0 aliphatic heterocycles. The van der Waals surface area contributed by atoms with Gasteiger partial charge in [-0.15, -0.1) is 0 Å². The molecule has 2 N–H and O–H groups in total. The molecule has 0 aromatic heterocycles. The SMILES string of the molecule is CN(C)c1ccc(C(=O)NCC(=O)Nc2ccc(F)c(F)c2)cc1F. The first-order valence-corrected chi connectivity index (χ1v) is 7.28. The largest absolute Gasteiger partial charge is 0.375 e. The number of amides is 2. The maximum absolute atomic E-state index is 13.9. The summed E-state index contributed by atoms with van der Waals surface area (Å²) in [5.41, 5.74) is 0.441. The summed E-state index contributed by atoms with van der Waals surface area (Å²) in [6.07, 6.45) is 0. The zero-order valence-electron chi connectivity index (χ0n) is 13.6. The molecule has 0 heterocycles. The predicted molar refractivity (Wildman–Crippen MR) is 88.0 cm³/mol. The van der Waals surface area contributed by atoms with Crippen molar-refractivity contribution < 1.29 is 22.8 Å². The number of anilines is 2. The Labute approximate surface area is 142 Å². The molecule has 2 amide bonds. The normalized spacial score (nSPS) is 10.3. The zero-order valence-corrected chi connectivity index (χ0v) is 13.6. The van der Waals surface area contributed by atoms with Gasteiger partial charge in [-0.25, -0.2) is 13.2 Å². The van der Waals surface area contributed by atoms with Gasteiger partial charge in [0, 0.05) is 31.4 Å². The van der Waals surface area contributed by atoms with Crippen molar-refractivity contribution in [2.45, 2.75) is 0 Å². The van der Waals surface area contributed by atoms with E-state index in [1.807, 2.05) is 0 Å². The summed E-state index contributed by atoms with van der Waals surface area (Å²) < 4.78 is 39.7. The van der Waals surface area contributed by atoms with Crippen molar-refractivity contribution in [3.05, 3.63) is 59.4 Å². The summed E-state index contributed by atoms with van der Waals surface area (Å²) in [5, 5.41) is 4.63. The van der Waals surface area contributed by atoms with Crippen LogP contribution in [0.1, 0.15) is 10.4 Å². The number of benzene rings is 2. The van der Waals surface area contributed by atoms with E-state index in [0.717, 1.165) is 18.2 Å². The molecule has 0 saturated heterocycles. The van der Waals surface area contributed by atoms with Gasteiger partial charge in [-0.1, -0.05) is 0 Å². The molecular formula is C17H16F3N3O2. The van der Waals surface area contributed by atoms with Gasteiger partial charge in [-0.2, -0.15) is 0 Å². The Morgan fingerprint density at radius 1 is 0.960 bits per heavy atom. The molecule has 2 aromatic carbocycles. The van der Waals surface area contributed by atoms with Gasteiger partial charge in [-0.3, -0.25) is 9.59 Å². The third-order valence-corrected chi connectivity index (χ3v) is 3.30. The van der Waals surface area contributed by atoms with Crippen molar-refractivity contribution in [2.24, 2.45) is 0 Å². The lowest BCUT2D eigenvalue weighted by Gasteiger charge is -2.14. The Morgan fingerprint density at radius 3 is 2.28 bits per heavy atom.